The molecule has 2 heterocycles. The molecule has 116 valence electrons. The predicted octanol–water partition coefficient (Wildman–Crippen LogP) is 1.58. The van der Waals surface area contributed by atoms with Crippen LogP contribution in [0, 0.1) is 5.92 Å². The highest BCUT2D eigenvalue weighted by molar-refractivity contribution is 7.09. The Morgan fingerprint density at radius 1 is 1.52 bits per heavy atom. The van der Waals surface area contributed by atoms with Crippen LogP contribution in [0.1, 0.15) is 37.9 Å². The fourth-order valence-electron chi connectivity index (χ4n) is 2.25. The molecule has 5 nitrogen and oxygen atoms in total. The number of nitrogens with zero attached hydrogens (tertiary/aromatic N) is 2. The van der Waals surface area contributed by atoms with Gasteiger partial charge in [0.15, 0.2) is 0 Å². The van der Waals surface area contributed by atoms with E-state index >= 15 is 0 Å². The van der Waals surface area contributed by atoms with Gasteiger partial charge in [0.2, 0.25) is 11.8 Å². The van der Waals surface area contributed by atoms with Crippen molar-refractivity contribution >= 4 is 23.2 Å². The molecule has 2 amide bonds. The molecule has 1 aromatic rings. The molecule has 0 bridgehead atoms. The predicted molar refractivity (Wildman–Crippen MR) is 83.3 cm³/mol. The van der Waals surface area contributed by atoms with E-state index in [0.29, 0.717) is 19.5 Å². The van der Waals surface area contributed by atoms with Crippen molar-refractivity contribution in [2.45, 2.75) is 39.0 Å². The van der Waals surface area contributed by atoms with Crippen LogP contribution in [0.4, 0.5) is 0 Å². The molecule has 0 spiro atoms. The van der Waals surface area contributed by atoms with Gasteiger partial charge in [0, 0.05) is 43.8 Å². The number of carbonyl (C=O) groups excluding carboxylic acids is 2. The van der Waals surface area contributed by atoms with Crippen LogP contribution in [0.2, 0.25) is 0 Å². The van der Waals surface area contributed by atoms with Crippen molar-refractivity contribution in [3.63, 3.8) is 0 Å². The smallest absolute Gasteiger partial charge is 0.225 e. The Hall–Kier alpha value is -1.43. The summed E-state index contributed by atoms with van der Waals surface area (Å²) in [6.07, 6.45) is 1.07. The number of nitrogens with one attached hydrogen (secondary N) is 1. The molecular formula is C15H23N3O2S. The minimum Gasteiger partial charge on any atom is -0.355 e. The maximum atomic E-state index is 12.0. The molecule has 1 fully saturated rings. The molecule has 0 aliphatic carbocycles. The SMILES string of the molecule is CN1C[C@H](C(=O)NCCc2nc(C(C)(C)C)cs2)CC1=O. The number of hydrogen-bond acceptors (Lipinski definition) is 4. The highest BCUT2D eigenvalue weighted by Crippen LogP contribution is 2.24. The van der Waals surface area contributed by atoms with Crippen LogP contribution < -0.4 is 5.32 Å². The quantitative estimate of drug-likeness (QED) is 0.918. The van der Waals surface area contributed by atoms with Crippen molar-refractivity contribution in [3.05, 3.63) is 16.1 Å². The molecule has 1 saturated heterocycles. The first-order valence-corrected chi connectivity index (χ1v) is 8.12. The van der Waals surface area contributed by atoms with E-state index in [1.54, 1.807) is 23.3 Å². The van der Waals surface area contributed by atoms with Crippen molar-refractivity contribution in [1.29, 1.82) is 0 Å². The number of thiazole rings is 1. The monoisotopic (exact) mass is 309 g/mol. The normalized spacial score (nSPS) is 19.1. The van der Waals surface area contributed by atoms with Gasteiger partial charge in [-0.25, -0.2) is 4.98 Å². The Bertz CT molecular complexity index is 533. The zero-order chi connectivity index (χ0) is 15.6. The van der Waals surface area contributed by atoms with E-state index in [1.165, 1.54) is 0 Å². The number of hydrogen-bond donors (Lipinski definition) is 1. The molecular weight excluding hydrogens is 286 g/mol. The molecule has 21 heavy (non-hydrogen) atoms. The third kappa shape index (κ3) is 4.03. The maximum Gasteiger partial charge on any atom is 0.225 e. The molecule has 0 saturated carbocycles. The fraction of sp³-hybridized carbons (Fsp3) is 0.667. The van der Waals surface area contributed by atoms with E-state index in [0.717, 1.165) is 17.1 Å². The number of aromatic nitrogens is 1. The number of likely N-dealkylation sites (tertiary alicyclic amines) is 1. The van der Waals surface area contributed by atoms with Gasteiger partial charge in [-0.05, 0) is 0 Å². The topological polar surface area (TPSA) is 62.3 Å². The van der Waals surface area contributed by atoms with Gasteiger partial charge in [0.25, 0.3) is 0 Å². The van der Waals surface area contributed by atoms with Crippen LogP contribution in [0.3, 0.4) is 0 Å². The summed E-state index contributed by atoms with van der Waals surface area (Å²) in [5, 5.41) is 6.04. The van der Waals surface area contributed by atoms with Gasteiger partial charge >= 0.3 is 0 Å². The van der Waals surface area contributed by atoms with Crippen molar-refractivity contribution in [3.8, 4) is 0 Å². The summed E-state index contributed by atoms with van der Waals surface area (Å²) < 4.78 is 0. The molecule has 0 unspecified atom stereocenters. The molecule has 0 aromatic carbocycles. The lowest BCUT2D eigenvalue weighted by atomic mass is 9.93. The van der Waals surface area contributed by atoms with Crippen LogP contribution in [0.5, 0.6) is 0 Å². The third-order valence-electron chi connectivity index (χ3n) is 3.67. The Morgan fingerprint density at radius 3 is 2.76 bits per heavy atom. The lowest BCUT2D eigenvalue weighted by Gasteiger charge is -2.14. The molecule has 6 heteroatoms. The summed E-state index contributed by atoms with van der Waals surface area (Å²) in [6, 6.07) is 0. The molecule has 1 aromatic heterocycles. The fourth-order valence-corrected chi connectivity index (χ4v) is 3.27. The Balaban J connectivity index is 1.78. The lowest BCUT2D eigenvalue weighted by Crippen LogP contribution is -2.33. The van der Waals surface area contributed by atoms with Crippen molar-refractivity contribution in [1.82, 2.24) is 15.2 Å². The van der Waals surface area contributed by atoms with Gasteiger partial charge in [-0.2, -0.15) is 0 Å². The third-order valence-corrected chi connectivity index (χ3v) is 4.58. The Labute approximate surface area is 129 Å². The number of amides is 2. The number of carbonyl (C=O) groups is 2. The summed E-state index contributed by atoms with van der Waals surface area (Å²) in [4.78, 5) is 29.6. The largest absolute Gasteiger partial charge is 0.355 e. The summed E-state index contributed by atoms with van der Waals surface area (Å²) in [7, 11) is 1.74. The summed E-state index contributed by atoms with van der Waals surface area (Å²) >= 11 is 1.64. The Kier molecular flexibility index (Phi) is 4.66. The lowest BCUT2D eigenvalue weighted by molar-refractivity contribution is -0.128. The van der Waals surface area contributed by atoms with Crippen LogP contribution in [-0.4, -0.2) is 41.8 Å². The maximum absolute atomic E-state index is 12.0. The van der Waals surface area contributed by atoms with Crippen molar-refractivity contribution < 1.29 is 9.59 Å². The molecule has 1 aliphatic heterocycles. The molecule has 1 atom stereocenters. The second-order valence-corrected chi connectivity index (χ2v) is 7.54. The van der Waals surface area contributed by atoms with Gasteiger partial charge < -0.3 is 10.2 Å². The summed E-state index contributed by atoms with van der Waals surface area (Å²) in [6.45, 7) is 7.52. The van der Waals surface area contributed by atoms with E-state index in [2.05, 4.69) is 36.5 Å². The summed E-state index contributed by atoms with van der Waals surface area (Å²) in [5.74, 6) is -0.186. The highest BCUT2D eigenvalue weighted by Gasteiger charge is 2.31. The second-order valence-electron chi connectivity index (χ2n) is 6.59. The molecule has 0 radical (unpaired) electrons. The van der Waals surface area contributed by atoms with E-state index in [1.807, 2.05) is 0 Å². The van der Waals surface area contributed by atoms with Gasteiger partial charge in [0.05, 0.1) is 16.6 Å². The minimum atomic E-state index is -0.205. The average molecular weight is 309 g/mol. The zero-order valence-corrected chi connectivity index (χ0v) is 13.9. The van der Waals surface area contributed by atoms with Crippen LogP contribution in [0.15, 0.2) is 5.38 Å². The Morgan fingerprint density at radius 2 is 2.24 bits per heavy atom. The standard InChI is InChI=1S/C15H23N3O2S/c1-15(2,3)11-9-21-12(17-11)5-6-16-14(20)10-7-13(19)18(4)8-10/h9-10H,5-8H2,1-4H3,(H,16,20)/t10-/m1/s1. The van der Waals surface area contributed by atoms with Gasteiger partial charge in [-0.15, -0.1) is 11.3 Å². The van der Waals surface area contributed by atoms with E-state index in [4.69, 9.17) is 0 Å². The van der Waals surface area contributed by atoms with Gasteiger partial charge in [-0.1, -0.05) is 20.8 Å². The van der Waals surface area contributed by atoms with Crippen LogP contribution >= 0.6 is 11.3 Å². The second kappa shape index (κ2) is 6.13. The van der Waals surface area contributed by atoms with Gasteiger partial charge in [-0.3, -0.25) is 9.59 Å². The molecule has 1 aliphatic rings. The van der Waals surface area contributed by atoms with Crippen LogP contribution in [0.25, 0.3) is 0 Å². The van der Waals surface area contributed by atoms with E-state index < -0.39 is 0 Å². The van der Waals surface area contributed by atoms with E-state index in [9.17, 15) is 9.59 Å². The molecule has 1 N–H and O–H groups in total. The first-order chi connectivity index (χ1) is 9.77. The molecule has 2 rings (SSSR count). The first-order valence-electron chi connectivity index (χ1n) is 7.24. The van der Waals surface area contributed by atoms with Crippen molar-refractivity contribution in [2.24, 2.45) is 5.92 Å². The van der Waals surface area contributed by atoms with Gasteiger partial charge in [0.1, 0.15) is 0 Å². The summed E-state index contributed by atoms with van der Waals surface area (Å²) in [5.41, 5.74) is 1.16. The highest BCUT2D eigenvalue weighted by atomic mass is 32.1. The number of rotatable bonds is 4. The first kappa shape index (κ1) is 15.9. The van der Waals surface area contributed by atoms with E-state index in [-0.39, 0.29) is 23.1 Å². The average Bonchev–Trinajstić information content (AvgIpc) is 2.97. The van der Waals surface area contributed by atoms with Crippen LogP contribution in [-0.2, 0) is 21.4 Å². The zero-order valence-electron chi connectivity index (χ0n) is 13.1. The van der Waals surface area contributed by atoms with Crippen molar-refractivity contribution in [2.75, 3.05) is 20.1 Å². The minimum absolute atomic E-state index is 0.0275.